The Bertz CT molecular complexity index is 785. The largest absolute Gasteiger partial charge is 0.465 e. The van der Waals surface area contributed by atoms with Gasteiger partial charge in [-0.05, 0) is 40.5 Å². The Balaban J connectivity index is 3.48. The van der Waals surface area contributed by atoms with Crippen molar-refractivity contribution in [1.82, 2.24) is 0 Å². The summed E-state index contributed by atoms with van der Waals surface area (Å²) in [5.74, 6) is 8.59. The van der Waals surface area contributed by atoms with Gasteiger partial charge in [0.05, 0.1) is 26.4 Å². The molecule has 0 fully saturated rings. The molecule has 0 N–H and O–H groups in total. The number of ether oxygens (including phenoxy) is 4. The van der Waals surface area contributed by atoms with Crippen molar-refractivity contribution in [1.29, 1.82) is 0 Å². The Morgan fingerprint density at radius 1 is 0.576 bits per heavy atom. The minimum Gasteiger partial charge on any atom is -0.465 e. The molecular formula is C25H34O8. The summed E-state index contributed by atoms with van der Waals surface area (Å²) in [7, 11) is 0. The van der Waals surface area contributed by atoms with E-state index in [2.05, 4.69) is 23.7 Å². The lowest BCUT2D eigenvalue weighted by Crippen LogP contribution is -2.42. The molecule has 0 spiro atoms. The van der Waals surface area contributed by atoms with Crippen molar-refractivity contribution in [3.05, 3.63) is 0 Å². The van der Waals surface area contributed by atoms with Crippen LogP contribution in [0.2, 0.25) is 0 Å². The molecule has 1 rings (SSSR count). The molecule has 182 valence electrons. The normalized spacial score (nSPS) is 17.1. The van der Waals surface area contributed by atoms with Crippen molar-refractivity contribution in [2.45, 2.75) is 72.6 Å². The molecule has 0 atom stereocenters. The summed E-state index contributed by atoms with van der Waals surface area (Å²) in [6.07, 6.45) is 1.31. The van der Waals surface area contributed by atoms with Gasteiger partial charge in [0.1, 0.15) is 0 Å². The molecule has 33 heavy (non-hydrogen) atoms. The Morgan fingerprint density at radius 2 is 0.939 bits per heavy atom. The first-order valence-electron chi connectivity index (χ1n) is 11.4. The van der Waals surface area contributed by atoms with Gasteiger partial charge >= 0.3 is 23.9 Å². The van der Waals surface area contributed by atoms with Crippen molar-refractivity contribution >= 4 is 23.9 Å². The first-order valence-corrected chi connectivity index (χ1v) is 11.4. The van der Waals surface area contributed by atoms with E-state index >= 15 is 0 Å². The van der Waals surface area contributed by atoms with E-state index in [-0.39, 0.29) is 52.1 Å². The van der Waals surface area contributed by atoms with Crippen molar-refractivity contribution in [3.8, 4) is 23.7 Å². The van der Waals surface area contributed by atoms with Gasteiger partial charge in [-0.2, -0.15) is 0 Å². The zero-order valence-corrected chi connectivity index (χ0v) is 20.0. The fourth-order valence-corrected chi connectivity index (χ4v) is 3.40. The van der Waals surface area contributed by atoms with Crippen LogP contribution < -0.4 is 0 Å². The Morgan fingerprint density at radius 3 is 1.36 bits per heavy atom. The SMILES string of the molecule is CCOC(=O)C1(C(=O)OCC)CC#CCCCCC(C(=O)OCC)(C(=O)OCC)CC#CC1. The lowest BCUT2D eigenvalue weighted by atomic mass is 9.78. The van der Waals surface area contributed by atoms with E-state index in [1.165, 1.54) is 0 Å². The fourth-order valence-electron chi connectivity index (χ4n) is 3.40. The van der Waals surface area contributed by atoms with E-state index in [1.807, 2.05) is 0 Å². The number of hydrogen-bond donors (Lipinski definition) is 0. The van der Waals surface area contributed by atoms with Crippen LogP contribution in [-0.2, 0) is 38.1 Å². The predicted octanol–water partition coefficient (Wildman–Crippen LogP) is 2.96. The van der Waals surface area contributed by atoms with Crippen molar-refractivity contribution in [2.75, 3.05) is 26.4 Å². The highest BCUT2D eigenvalue weighted by molar-refractivity contribution is 6.01. The van der Waals surface area contributed by atoms with Gasteiger partial charge < -0.3 is 18.9 Å². The van der Waals surface area contributed by atoms with Crippen molar-refractivity contribution < 1.29 is 38.1 Å². The smallest absolute Gasteiger partial charge is 0.325 e. The van der Waals surface area contributed by atoms with Gasteiger partial charge in [-0.15, -0.1) is 23.7 Å². The van der Waals surface area contributed by atoms with Crippen LogP contribution in [0.3, 0.4) is 0 Å². The van der Waals surface area contributed by atoms with Crippen molar-refractivity contribution in [3.63, 3.8) is 0 Å². The average molecular weight is 463 g/mol. The maximum absolute atomic E-state index is 12.9. The van der Waals surface area contributed by atoms with Crippen LogP contribution in [0, 0.1) is 34.5 Å². The van der Waals surface area contributed by atoms with E-state index in [1.54, 1.807) is 27.7 Å². The molecule has 0 saturated carbocycles. The van der Waals surface area contributed by atoms with Crippen LogP contribution in [-0.4, -0.2) is 50.3 Å². The van der Waals surface area contributed by atoms with E-state index in [9.17, 15) is 19.2 Å². The van der Waals surface area contributed by atoms with Gasteiger partial charge in [-0.25, -0.2) is 0 Å². The van der Waals surface area contributed by atoms with Crippen LogP contribution in [0.25, 0.3) is 0 Å². The predicted molar refractivity (Wildman–Crippen MR) is 119 cm³/mol. The molecule has 0 aromatic carbocycles. The van der Waals surface area contributed by atoms with E-state index in [4.69, 9.17) is 18.9 Å². The summed E-state index contributed by atoms with van der Waals surface area (Å²) < 4.78 is 20.7. The first-order chi connectivity index (χ1) is 15.8. The van der Waals surface area contributed by atoms with Gasteiger partial charge in [-0.3, -0.25) is 19.2 Å². The van der Waals surface area contributed by atoms with Crippen LogP contribution in [0.15, 0.2) is 0 Å². The Labute approximate surface area is 196 Å². The van der Waals surface area contributed by atoms with Gasteiger partial charge in [0.15, 0.2) is 10.8 Å². The molecular weight excluding hydrogens is 428 g/mol. The third-order valence-electron chi connectivity index (χ3n) is 5.24. The average Bonchev–Trinajstić information content (AvgIpc) is 2.80. The molecule has 0 aromatic heterocycles. The van der Waals surface area contributed by atoms with E-state index in [0.29, 0.717) is 19.3 Å². The molecule has 0 aromatic rings. The van der Waals surface area contributed by atoms with Gasteiger partial charge in [0.2, 0.25) is 0 Å². The number of carbonyl (C=O) groups is 4. The highest BCUT2D eigenvalue weighted by Crippen LogP contribution is 2.34. The maximum atomic E-state index is 12.9. The van der Waals surface area contributed by atoms with Gasteiger partial charge in [-0.1, -0.05) is 6.42 Å². The Hall–Kier alpha value is -3.00. The lowest BCUT2D eigenvalue weighted by Gasteiger charge is -2.27. The third-order valence-corrected chi connectivity index (χ3v) is 5.24. The molecule has 0 unspecified atom stereocenters. The second-order valence-electron chi connectivity index (χ2n) is 7.49. The van der Waals surface area contributed by atoms with E-state index < -0.39 is 34.7 Å². The molecule has 8 nitrogen and oxygen atoms in total. The molecule has 8 heteroatoms. The number of carbonyl (C=O) groups excluding carboxylic acids is 4. The number of rotatable bonds is 8. The summed E-state index contributed by atoms with van der Waals surface area (Å²) in [6, 6.07) is 0. The maximum Gasteiger partial charge on any atom is 0.325 e. The standard InChI is InChI=1S/C25H34O8/c1-5-30-20(26)24(21(27)31-6-2)16-12-10-9-11-13-17-25(19-15-14-18-24,22(28)32-7-3)23(29)33-8-4/h5-10,12,16-19H2,1-4H3. The monoisotopic (exact) mass is 462 g/mol. The highest BCUT2D eigenvalue weighted by atomic mass is 16.6. The van der Waals surface area contributed by atoms with Gasteiger partial charge in [0, 0.05) is 25.7 Å². The second-order valence-corrected chi connectivity index (χ2v) is 7.49. The van der Waals surface area contributed by atoms with Crippen LogP contribution in [0.1, 0.15) is 72.6 Å². The zero-order valence-electron chi connectivity index (χ0n) is 20.0. The van der Waals surface area contributed by atoms with Crippen LogP contribution >= 0.6 is 0 Å². The third kappa shape index (κ3) is 7.25. The number of hydrogen-bond acceptors (Lipinski definition) is 8. The first kappa shape index (κ1) is 28.0. The minimum absolute atomic E-state index is 0.0790. The Kier molecular flexibility index (Phi) is 12.1. The van der Waals surface area contributed by atoms with Gasteiger partial charge in [0.25, 0.3) is 0 Å². The summed E-state index contributed by atoms with van der Waals surface area (Å²) in [6.45, 7) is 6.96. The summed E-state index contributed by atoms with van der Waals surface area (Å²) in [5.41, 5.74) is -3.30. The van der Waals surface area contributed by atoms with E-state index in [0.717, 1.165) is 0 Å². The molecule has 0 radical (unpaired) electrons. The summed E-state index contributed by atoms with van der Waals surface area (Å²) >= 11 is 0. The number of esters is 4. The highest BCUT2D eigenvalue weighted by Gasteiger charge is 2.49. The molecule has 0 saturated heterocycles. The molecule has 1 aliphatic carbocycles. The molecule has 0 amide bonds. The second kappa shape index (κ2) is 14.2. The molecule has 1 aliphatic rings. The molecule has 0 heterocycles. The van der Waals surface area contributed by atoms with Crippen molar-refractivity contribution in [2.24, 2.45) is 10.8 Å². The minimum atomic E-state index is -1.71. The topological polar surface area (TPSA) is 105 Å². The van der Waals surface area contributed by atoms with Crippen LogP contribution in [0.5, 0.6) is 0 Å². The quantitative estimate of drug-likeness (QED) is 0.235. The summed E-state index contributed by atoms with van der Waals surface area (Å²) in [5, 5.41) is 0. The fraction of sp³-hybridized carbons (Fsp3) is 0.680. The lowest BCUT2D eigenvalue weighted by molar-refractivity contribution is -0.173. The summed E-state index contributed by atoms with van der Waals surface area (Å²) in [4.78, 5) is 51.4. The molecule has 0 aliphatic heterocycles. The zero-order chi connectivity index (χ0) is 24.7. The molecule has 0 bridgehead atoms. The van der Waals surface area contributed by atoms with Crippen LogP contribution in [0.4, 0.5) is 0 Å².